The van der Waals surface area contributed by atoms with Gasteiger partial charge in [0, 0.05) is 6.04 Å². The normalized spacial score (nSPS) is 24.5. The van der Waals surface area contributed by atoms with E-state index in [1.807, 2.05) is 0 Å². The van der Waals surface area contributed by atoms with Gasteiger partial charge in [-0.3, -0.25) is 0 Å². The highest BCUT2D eigenvalue weighted by molar-refractivity contribution is 5.85. The van der Waals surface area contributed by atoms with Crippen molar-refractivity contribution in [3.63, 3.8) is 0 Å². The quantitative estimate of drug-likeness (QED) is 0.684. The molecule has 1 aliphatic heterocycles. The van der Waals surface area contributed by atoms with Crippen molar-refractivity contribution in [2.24, 2.45) is 5.92 Å². The Bertz CT molecular complexity index is 125. The lowest BCUT2D eigenvalue weighted by atomic mass is 10.0. The summed E-state index contributed by atoms with van der Waals surface area (Å²) in [6.45, 7) is 9.66. The Morgan fingerprint density at radius 2 is 2.00 bits per heavy atom. The molecule has 0 aromatic heterocycles. The minimum atomic E-state index is 0. The summed E-state index contributed by atoms with van der Waals surface area (Å²) in [5.74, 6) is 0.860. The molecule has 0 radical (unpaired) electrons. The van der Waals surface area contributed by atoms with E-state index < -0.39 is 0 Å². The van der Waals surface area contributed by atoms with Crippen LogP contribution in [-0.4, -0.2) is 24.0 Å². The number of nitrogens with zero attached hydrogens (tertiary/aromatic N) is 1. The summed E-state index contributed by atoms with van der Waals surface area (Å²) in [7, 11) is 0. The molecule has 1 atom stereocenters. The van der Waals surface area contributed by atoms with Crippen LogP contribution in [-0.2, 0) is 0 Å². The van der Waals surface area contributed by atoms with E-state index in [1.165, 1.54) is 38.8 Å². The van der Waals surface area contributed by atoms with Gasteiger partial charge in [0.15, 0.2) is 0 Å². The van der Waals surface area contributed by atoms with Gasteiger partial charge < -0.3 is 4.90 Å². The third-order valence-corrected chi connectivity index (χ3v) is 2.93. The Hall–Kier alpha value is 0.250. The standard InChI is InChI=1S/C11H23N.ClH/c1-10(2)7-9-12-8-5-4-6-11(12)3;/h10-11H,4-9H2,1-3H3;1H. The number of likely N-dealkylation sites (tertiary alicyclic amines) is 1. The van der Waals surface area contributed by atoms with Crippen molar-refractivity contribution in [1.29, 1.82) is 0 Å². The molecule has 0 spiro atoms. The lowest BCUT2D eigenvalue weighted by Gasteiger charge is -2.33. The molecule has 1 saturated heterocycles. The molecular weight excluding hydrogens is 182 g/mol. The predicted molar refractivity (Wildman–Crippen MR) is 61.6 cm³/mol. The van der Waals surface area contributed by atoms with E-state index >= 15 is 0 Å². The minimum absolute atomic E-state index is 0. The van der Waals surface area contributed by atoms with Crippen LogP contribution in [0.25, 0.3) is 0 Å². The van der Waals surface area contributed by atoms with Crippen LogP contribution in [0.4, 0.5) is 0 Å². The summed E-state index contributed by atoms with van der Waals surface area (Å²) >= 11 is 0. The molecule has 1 unspecified atom stereocenters. The highest BCUT2D eigenvalue weighted by Crippen LogP contribution is 2.17. The average Bonchev–Trinajstić information content (AvgIpc) is 2.03. The van der Waals surface area contributed by atoms with Gasteiger partial charge in [-0.05, 0) is 45.2 Å². The molecule has 1 nitrogen and oxygen atoms in total. The van der Waals surface area contributed by atoms with Crippen molar-refractivity contribution in [3.8, 4) is 0 Å². The molecule has 1 heterocycles. The number of rotatable bonds is 3. The maximum atomic E-state index is 2.66. The lowest BCUT2D eigenvalue weighted by molar-refractivity contribution is 0.153. The minimum Gasteiger partial charge on any atom is -0.301 e. The van der Waals surface area contributed by atoms with Crippen LogP contribution in [0.5, 0.6) is 0 Å². The summed E-state index contributed by atoms with van der Waals surface area (Å²) in [6, 6.07) is 0.845. The molecule has 1 aliphatic rings. The van der Waals surface area contributed by atoms with Crippen LogP contribution in [0, 0.1) is 5.92 Å². The first-order valence-electron chi connectivity index (χ1n) is 5.44. The van der Waals surface area contributed by atoms with Gasteiger partial charge in [0.25, 0.3) is 0 Å². The molecule has 0 aromatic rings. The smallest absolute Gasteiger partial charge is 0.00669 e. The van der Waals surface area contributed by atoms with Crippen molar-refractivity contribution in [2.75, 3.05) is 13.1 Å². The lowest BCUT2D eigenvalue weighted by Crippen LogP contribution is -2.38. The fourth-order valence-corrected chi connectivity index (χ4v) is 1.91. The van der Waals surface area contributed by atoms with E-state index in [-0.39, 0.29) is 12.4 Å². The van der Waals surface area contributed by atoms with Crippen LogP contribution in [0.15, 0.2) is 0 Å². The Labute approximate surface area is 89.3 Å². The van der Waals surface area contributed by atoms with Crippen molar-refractivity contribution < 1.29 is 0 Å². The molecular formula is C11H24ClN. The van der Waals surface area contributed by atoms with Gasteiger partial charge in [-0.1, -0.05) is 20.3 Å². The van der Waals surface area contributed by atoms with Gasteiger partial charge >= 0.3 is 0 Å². The molecule has 0 N–H and O–H groups in total. The maximum absolute atomic E-state index is 2.66. The van der Waals surface area contributed by atoms with E-state index in [1.54, 1.807) is 0 Å². The van der Waals surface area contributed by atoms with Crippen molar-refractivity contribution in [1.82, 2.24) is 4.90 Å². The van der Waals surface area contributed by atoms with Crippen LogP contribution >= 0.6 is 12.4 Å². The van der Waals surface area contributed by atoms with Gasteiger partial charge in [0.1, 0.15) is 0 Å². The second-order valence-corrected chi connectivity index (χ2v) is 4.56. The predicted octanol–water partition coefficient (Wildman–Crippen LogP) is 3.33. The zero-order valence-corrected chi connectivity index (χ0v) is 10.1. The third-order valence-electron chi connectivity index (χ3n) is 2.93. The zero-order chi connectivity index (χ0) is 8.97. The molecule has 1 rings (SSSR count). The Balaban J connectivity index is 0.00000144. The highest BCUT2D eigenvalue weighted by Gasteiger charge is 2.17. The molecule has 1 fully saturated rings. The fraction of sp³-hybridized carbons (Fsp3) is 1.00. The molecule has 13 heavy (non-hydrogen) atoms. The second-order valence-electron chi connectivity index (χ2n) is 4.56. The van der Waals surface area contributed by atoms with Crippen molar-refractivity contribution >= 4 is 12.4 Å². The van der Waals surface area contributed by atoms with Crippen molar-refractivity contribution in [2.45, 2.75) is 52.5 Å². The van der Waals surface area contributed by atoms with Crippen LogP contribution < -0.4 is 0 Å². The maximum Gasteiger partial charge on any atom is 0.00669 e. The van der Waals surface area contributed by atoms with Gasteiger partial charge in [-0.2, -0.15) is 0 Å². The number of hydrogen-bond donors (Lipinski definition) is 0. The number of hydrogen-bond acceptors (Lipinski definition) is 1. The first-order chi connectivity index (χ1) is 5.70. The monoisotopic (exact) mass is 205 g/mol. The van der Waals surface area contributed by atoms with E-state index in [4.69, 9.17) is 0 Å². The van der Waals surface area contributed by atoms with Gasteiger partial charge in [-0.15, -0.1) is 12.4 Å². The SMILES string of the molecule is CC(C)CCN1CCCCC1C.Cl. The number of piperidine rings is 1. The largest absolute Gasteiger partial charge is 0.301 e. The second kappa shape index (κ2) is 6.67. The summed E-state index contributed by atoms with van der Waals surface area (Å²) in [6.07, 6.45) is 5.64. The molecule has 0 aromatic carbocycles. The number of halogens is 1. The topological polar surface area (TPSA) is 3.24 Å². The first-order valence-corrected chi connectivity index (χ1v) is 5.44. The van der Waals surface area contributed by atoms with E-state index in [0.717, 1.165) is 12.0 Å². The molecule has 0 amide bonds. The highest BCUT2D eigenvalue weighted by atomic mass is 35.5. The van der Waals surface area contributed by atoms with E-state index in [2.05, 4.69) is 25.7 Å². The summed E-state index contributed by atoms with van der Waals surface area (Å²) in [5.41, 5.74) is 0. The van der Waals surface area contributed by atoms with Crippen LogP contribution in [0.3, 0.4) is 0 Å². The zero-order valence-electron chi connectivity index (χ0n) is 9.25. The molecule has 2 heteroatoms. The van der Waals surface area contributed by atoms with Crippen molar-refractivity contribution in [3.05, 3.63) is 0 Å². The fourth-order valence-electron chi connectivity index (χ4n) is 1.91. The third kappa shape index (κ3) is 4.87. The Morgan fingerprint density at radius 1 is 1.31 bits per heavy atom. The molecule has 0 aliphatic carbocycles. The van der Waals surface area contributed by atoms with Crippen LogP contribution in [0.1, 0.15) is 46.5 Å². The van der Waals surface area contributed by atoms with Gasteiger partial charge in [-0.25, -0.2) is 0 Å². The first kappa shape index (κ1) is 13.2. The van der Waals surface area contributed by atoms with E-state index in [0.29, 0.717) is 0 Å². The average molecular weight is 206 g/mol. The van der Waals surface area contributed by atoms with Crippen LogP contribution in [0.2, 0.25) is 0 Å². The van der Waals surface area contributed by atoms with Gasteiger partial charge in [0.05, 0.1) is 0 Å². The molecule has 0 saturated carbocycles. The Morgan fingerprint density at radius 3 is 2.54 bits per heavy atom. The molecule has 80 valence electrons. The Kier molecular flexibility index (Phi) is 6.79. The van der Waals surface area contributed by atoms with E-state index in [9.17, 15) is 0 Å². The summed E-state index contributed by atoms with van der Waals surface area (Å²) < 4.78 is 0. The van der Waals surface area contributed by atoms with Gasteiger partial charge in [0.2, 0.25) is 0 Å². The molecule has 0 bridgehead atoms. The summed E-state index contributed by atoms with van der Waals surface area (Å²) in [5, 5.41) is 0. The summed E-state index contributed by atoms with van der Waals surface area (Å²) in [4.78, 5) is 2.66.